The van der Waals surface area contributed by atoms with Gasteiger partial charge >= 0.3 is 5.97 Å². The number of carboxylic acids is 1. The second-order valence-corrected chi connectivity index (χ2v) is 10.00. The Morgan fingerprint density at radius 2 is 1.85 bits per heavy atom. The van der Waals surface area contributed by atoms with Crippen LogP contribution < -0.4 is 5.32 Å². The predicted octanol–water partition coefficient (Wildman–Crippen LogP) is 3.60. The van der Waals surface area contributed by atoms with Crippen LogP contribution in [0.25, 0.3) is 0 Å². The Hall–Kier alpha value is -2.71. The Balaban J connectivity index is 1.56. The summed E-state index contributed by atoms with van der Waals surface area (Å²) in [6.07, 6.45) is 1.78. The molecule has 4 rings (SSSR count). The molecule has 1 spiro atoms. The van der Waals surface area contributed by atoms with Gasteiger partial charge in [-0.25, -0.2) is 4.79 Å². The molecule has 180 valence electrons. The zero-order valence-electron chi connectivity index (χ0n) is 19.5. The zero-order valence-corrected chi connectivity index (χ0v) is 21.0. The van der Waals surface area contributed by atoms with Gasteiger partial charge in [-0.2, -0.15) is 0 Å². The minimum atomic E-state index is -0.999. The number of amides is 2. The maximum Gasteiger partial charge on any atom is 0.326 e. The molecule has 34 heavy (non-hydrogen) atoms. The summed E-state index contributed by atoms with van der Waals surface area (Å²) in [5.74, 6) is -1.23. The van der Waals surface area contributed by atoms with Crippen molar-refractivity contribution in [2.45, 2.75) is 57.3 Å². The number of carbonyl (C=O) groups excluding carboxylic acids is 2. The summed E-state index contributed by atoms with van der Waals surface area (Å²) >= 11 is 3.47. The van der Waals surface area contributed by atoms with Crippen molar-refractivity contribution in [1.82, 2.24) is 15.1 Å². The molecule has 0 aliphatic carbocycles. The summed E-state index contributed by atoms with van der Waals surface area (Å²) in [5, 5.41) is 13.4. The highest BCUT2D eigenvalue weighted by atomic mass is 79.9. The summed E-state index contributed by atoms with van der Waals surface area (Å²) < 4.78 is 0.953. The van der Waals surface area contributed by atoms with Crippen LogP contribution in [0.1, 0.15) is 47.7 Å². The van der Waals surface area contributed by atoms with Crippen LogP contribution >= 0.6 is 15.9 Å². The average Bonchev–Trinajstić information content (AvgIpc) is 3.07. The summed E-state index contributed by atoms with van der Waals surface area (Å²) in [7, 11) is 0. The molecule has 0 bridgehead atoms. The van der Waals surface area contributed by atoms with Crippen LogP contribution in [0, 0.1) is 6.92 Å². The minimum Gasteiger partial charge on any atom is -0.480 e. The minimum absolute atomic E-state index is 0.0487. The third-order valence-corrected chi connectivity index (χ3v) is 7.88. The number of piperidine rings is 1. The first kappa shape index (κ1) is 24.4. The third kappa shape index (κ3) is 4.61. The molecule has 2 unspecified atom stereocenters. The number of rotatable bonds is 6. The van der Waals surface area contributed by atoms with Gasteiger partial charge in [0.15, 0.2) is 0 Å². The summed E-state index contributed by atoms with van der Waals surface area (Å²) in [4.78, 5) is 42.1. The van der Waals surface area contributed by atoms with E-state index in [-0.39, 0.29) is 11.8 Å². The fourth-order valence-corrected chi connectivity index (χ4v) is 5.41. The van der Waals surface area contributed by atoms with Crippen LogP contribution in [0.15, 0.2) is 53.0 Å². The van der Waals surface area contributed by atoms with E-state index in [4.69, 9.17) is 0 Å². The van der Waals surface area contributed by atoms with E-state index in [1.165, 1.54) is 0 Å². The van der Waals surface area contributed by atoms with Crippen LogP contribution in [-0.4, -0.2) is 63.5 Å². The Morgan fingerprint density at radius 3 is 2.44 bits per heavy atom. The van der Waals surface area contributed by atoms with E-state index in [9.17, 15) is 19.5 Å². The topological polar surface area (TPSA) is 89.9 Å². The lowest BCUT2D eigenvalue weighted by atomic mass is 9.93. The molecule has 2 aromatic rings. The number of nitrogens with zero attached hydrogens (tertiary/aromatic N) is 2. The summed E-state index contributed by atoms with van der Waals surface area (Å²) in [5.41, 5.74) is 1.86. The van der Waals surface area contributed by atoms with Crippen LogP contribution in [-0.2, 0) is 16.0 Å². The van der Waals surface area contributed by atoms with E-state index < -0.39 is 23.7 Å². The monoisotopic (exact) mass is 527 g/mol. The molecule has 2 aliphatic rings. The van der Waals surface area contributed by atoms with E-state index in [0.29, 0.717) is 44.3 Å². The van der Waals surface area contributed by atoms with Gasteiger partial charge in [-0.3, -0.25) is 14.9 Å². The van der Waals surface area contributed by atoms with Gasteiger partial charge < -0.3 is 14.9 Å². The van der Waals surface area contributed by atoms with Crippen molar-refractivity contribution < 1.29 is 19.5 Å². The largest absolute Gasteiger partial charge is 0.480 e. The molecule has 2 N–H and O–H groups in total. The molecule has 2 atom stereocenters. The highest BCUT2D eigenvalue weighted by molar-refractivity contribution is 9.10. The first-order chi connectivity index (χ1) is 16.3. The fourth-order valence-electron chi connectivity index (χ4n) is 5.17. The highest BCUT2D eigenvalue weighted by Crippen LogP contribution is 2.36. The number of likely N-dealkylation sites (tertiary alicyclic amines) is 1. The van der Waals surface area contributed by atoms with E-state index in [2.05, 4.69) is 21.2 Å². The third-order valence-electron chi connectivity index (χ3n) is 6.99. The van der Waals surface area contributed by atoms with Gasteiger partial charge in [-0.15, -0.1) is 0 Å². The number of hydrogen-bond donors (Lipinski definition) is 2. The van der Waals surface area contributed by atoms with Gasteiger partial charge in [0, 0.05) is 36.0 Å². The predicted molar refractivity (Wildman–Crippen MR) is 132 cm³/mol. The molecular formula is C26H30BrN3O4. The molecular weight excluding hydrogens is 498 g/mol. The Morgan fingerprint density at radius 1 is 1.18 bits per heavy atom. The van der Waals surface area contributed by atoms with Crippen LogP contribution in [0.5, 0.6) is 0 Å². The lowest BCUT2D eigenvalue weighted by Gasteiger charge is -2.46. The Kier molecular flexibility index (Phi) is 7.09. The number of nitrogens with one attached hydrogen (secondary N) is 1. The lowest BCUT2D eigenvalue weighted by Crippen LogP contribution is -2.63. The number of aliphatic carboxylic acids is 1. The quantitative estimate of drug-likeness (QED) is 0.598. The van der Waals surface area contributed by atoms with Crippen molar-refractivity contribution in [2.24, 2.45) is 0 Å². The average molecular weight is 528 g/mol. The number of aryl methyl sites for hydroxylation is 1. The Labute approximate surface area is 208 Å². The van der Waals surface area contributed by atoms with E-state index in [0.717, 1.165) is 15.6 Å². The van der Waals surface area contributed by atoms with Crippen molar-refractivity contribution in [3.8, 4) is 0 Å². The van der Waals surface area contributed by atoms with E-state index >= 15 is 0 Å². The van der Waals surface area contributed by atoms with Gasteiger partial charge in [0.05, 0.1) is 11.7 Å². The maximum atomic E-state index is 13.5. The molecule has 2 aliphatic heterocycles. The molecule has 2 saturated heterocycles. The van der Waals surface area contributed by atoms with Crippen molar-refractivity contribution in [2.75, 3.05) is 13.1 Å². The molecule has 2 heterocycles. The molecule has 2 aromatic carbocycles. The van der Waals surface area contributed by atoms with Crippen molar-refractivity contribution in [3.63, 3.8) is 0 Å². The fraction of sp³-hybridized carbons (Fsp3) is 0.423. The number of carboxylic acid groups (broad SMARTS) is 1. The Bertz CT molecular complexity index is 1080. The SMILES string of the molecule is CCC(C(=O)O)N1C(=O)C(Cc2ccccc2)NC12CCN(C(=O)c1ccc(Br)c(C)c1)CC2. The lowest BCUT2D eigenvalue weighted by molar-refractivity contribution is -0.154. The van der Waals surface area contributed by atoms with Crippen molar-refractivity contribution >= 4 is 33.7 Å². The first-order valence-corrected chi connectivity index (χ1v) is 12.5. The van der Waals surface area contributed by atoms with Gasteiger partial charge in [0.25, 0.3) is 5.91 Å². The standard InChI is InChI=1S/C26H30BrN3O4/c1-3-22(25(33)34)30-24(32)21(16-18-7-5-4-6-8-18)28-26(30)11-13-29(14-12-26)23(31)19-9-10-20(27)17(2)15-19/h4-10,15,21-22,28H,3,11-14,16H2,1-2H3,(H,33,34). The number of benzene rings is 2. The van der Waals surface area contributed by atoms with Crippen molar-refractivity contribution in [1.29, 1.82) is 0 Å². The van der Waals surface area contributed by atoms with Gasteiger partial charge in [-0.1, -0.05) is 53.2 Å². The van der Waals surface area contributed by atoms with Crippen LogP contribution in [0.4, 0.5) is 0 Å². The zero-order chi connectivity index (χ0) is 24.5. The smallest absolute Gasteiger partial charge is 0.326 e. The normalized spacial score (nSPS) is 20.6. The number of carbonyl (C=O) groups is 3. The molecule has 7 nitrogen and oxygen atoms in total. The van der Waals surface area contributed by atoms with Crippen molar-refractivity contribution in [3.05, 3.63) is 69.7 Å². The first-order valence-electron chi connectivity index (χ1n) is 11.7. The number of halogens is 1. The molecule has 0 saturated carbocycles. The van der Waals surface area contributed by atoms with E-state index in [1.807, 2.05) is 49.4 Å². The van der Waals surface area contributed by atoms with Gasteiger partial charge in [0.1, 0.15) is 6.04 Å². The molecule has 0 aromatic heterocycles. The van der Waals surface area contributed by atoms with Gasteiger partial charge in [-0.05, 0) is 49.1 Å². The van der Waals surface area contributed by atoms with Crippen LogP contribution in [0.2, 0.25) is 0 Å². The van der Waals surface area contributed by atoms with Gasteiger partial charge in [0.2, 0.25) is 5.91 Å². The van der Waals surface area contributed by atoms with Crippen LogP contribution in [0.3, 0.4) is 0 Å². The second-order valence-electron chi connectivity index (χ2n) is 9.14. The highest BCUT2D eigenvalue weighted by Gasteiger charge is 2.55. The van der Waals surface area contributed by atoms with E-state index in [1.54, 1.807) is 22.8 Å². The molecule has 2 amide bonds. The summed E-state index contributed by atoms with van der Waals surface area (Å²) in [6.45, 7) is 4.62. The molecule has 0 radical (unpaired) electrons. The molecule has 2 fully saturated rings. The molecule has 8 heteroatoms. The number of hydrogen-bond acceptors (Lipinski definition) is 4. The maximum absolute atomic E-state index is 13.5. The summed E-state index contributed by atoms with van der Waals surface area (Å²) in [6, 6.07) is 13.9. The second kappa shape index (κ2) is 9.88.